The van der Waals surface area contributed by atoms with Crippen molar-refractivity contribution in [3.05, 3.63) is 42.5 Å². The Labute approximate surface area is 102 Å². The molecule has 2 aromatic rings. The molecular formula is C14H17N3. The highest BCUT2D eigenvalue weighted by molar-refractivity contribution is 5.65. The molecule has 0 saturated heterocycles. The van der Waals surface area contributed by atoms with E-state index in [9.17, 15) is 0 Å². The molecule has 0 saturated carbocycles. The van der Waals surface area contributed by atoms with E-state index in [0.717, 1.165) is 6.54 Å². The Morgan fingerprint density at radius 1 is 1.29 bits per heavy atom. The van der Waals surface area contributed by atoms with Gasteiger partial charge in [0.15, 0.2) is 0 Å². The fourth-order valence-corrected chi connectivity index (χ4v) is 2.74. The van der Waals surface area contributed by atoms with Crippen molar-refractivity contribution in [3.8, 4) is 5.69 Å². The van der Waals surface area contributed by atoms with Crippen molar-refractivity contribution in [1.29, 1.82) is 0 Å². The minimum Gasteiger partial charge on any atom is -0.373 e. The van der Waals surface area contributed by atoms with Crippen LogP contribution in [0.25, 0.3) is 5.69 Å². The zero-order valence-corrected chi connectivity index (χ0v) is 10.5. The summed E-state index contributed by atoms with van der Waals surface area (Å²) in [5.74, 6) is 0. The zero-order chi connectivity index (χ0) is 12.0. The lowest BCUT2D eigenvalue weighted by molar-refractivity contribution is 0.563. The SMILES string of the molecule is CN1CC(C)(C)c2ccc(-n3ccnc3)cc21. The van der Waals surface area contributed by atoms with Crippen LogP contribution in [0, 0.1) is 0 Å². The predicted molar refractivity (Wildman–Crippen MR) is 69.9 cm³/mol. The van der Waals surface area contributed by atoms with Crippen molar-refractivity contribution in [3.63, 3.8) is 0 Å². The van der Waals surface area contributed by atoms with E-state index in [1.54, 1.807) is 6.20 Å². The van der Waals surface area contributed by atoms with Crippen molar-refractivity contribution in [2.24, 2.45) is 0 Å². The number of nitrogens with zero attached hydrogens (tertiary/aromatic N) is 3. The van der Waals surface area contributed by atoms with E-state index in [0.29, 0.717) is 0 Å². The molecule has 0 unspecified atom stereocenters. The average molecular weight is 227 g/mol. The van der Waals surface area contributed by atoms with Crippen LogP contribution >= 0.6 is 0 Å². The van der Waals surface area contributed by atoms with Crippen LogP contribution in [0.5, 0.6) is 0 Å². The Morgan fingerprint density at radius 3 is 2.82 bits per heavy atom. The maximum absolute atomic E-state index is 4.09. The van der Waals surface area contributed by atoms with Crippen molar-refractivity contribution in [2.45, 2.75) is 19.3 Å². The minimum absolute atomic E-state index is 0.248. The summed E-state index contributed by atoms with van der Waals surface area (Å²) in [7, 11) is 2.16. The van der Waals surface area contributed by atoms with E-state index < -0.39 is 0 Å². The third-order valence-corrected chi connectivity index (χ3v) is 3.56. The maximum atomic E-state index is 4.09. The Balaban J connectivity index is 2.12. The molecular weight excluding hydrogens is 210 g/mol. The van der Waals surface area contributed by atoms with E-state index in [-0.39, 0.29) is 5.41 Å². The first-order valence-electron chi connectivity index (χ1n) is 5.92. The van der Waals surface area contributed by atoms with E-state index in [2.05, 4.69) is 49.0 Å². The van der Waals surface area contributed by atoms with Gasteiger partial charge in [0.1, 0.15) is 0 Å². The smallest absolute Gasteiger partial charge is 0.0991 e. The first kappa shape index (κ1) is 10.4. The predicted octanol–water partition coefficient (Wildman–Crippen LogP) is 2.60. The second kappa shape index (κ2) is 3.36. The number of aromatic nitrogens is 2. The molecule has 0 spiro atoms. The number of rotatable bonds is 1. The van der Waals surface area contributed by atoms with Gasteiger partial charge >= 0.3 is 0 Å². The van der Waals surface area contributed by atoms with Crippen LogP contribution in [-0.4, -0.2) is 23.1 Å². The van der Waals surface area contributed by atoms with Gasteiger partial charge in [-0.1, -0.05) is 19.9 Å². The summed E-state index contributed by atoms with van der Waals surface area (Å²) in [6.07, 6.45) is 5.62. The van der Waals surface area contributed by atoms with Gasteiger partial charge in [0, 0.05) is 42.8 Å². The number of fused-ring (bicyclic) bond motifs is 1. The molecule has 1 aromatic heterocycles. The second-order valence-corrected chi connectivity index (χ2v) is 5.41. The van der Waals surface area contributed by atoms with Gasteiger partial charge in [0.25, 0.3) is 0 Å². The van der Waals surface area contributed by atoms with E-state index >= 15 is 0 Å². The molecule has 0 N–H and O–H groups in total. The molecule has 0 radical (unpaired) electrons. The molecule has 0 amide bonds. The van der Waals surface area contributed by atoms with Gasteiger partial charge in [-0.05, 0) is 17.7 Å². The number of likely N-dealkylation sites (N-methyl/N-ethyl adjacent to an activating group) is 1. The van der Waals surface area contributed by atoms with Gasteiger partial charge in [-0.15, -0.1) is 0 Å². The first-order valence-corrected chi connectivity index (χ1v) is 5.92. The number of benzene rings is 1. The Morgan fingerprint density at radius 2 is 2.12 bits per heavy atom. The van der Waals surface area contributed by atoms with Crippen LogP contribution in [0.1, 0.15) is 19.4 Å². The Bertz CT molecular complexity index is 541. The Hall–Kier alpha value is -1.77. The largest absolute Gasteiger partial charge is 0.373 e. The highest BCUT2D eigenvalue weighted by Crippen LogP contribution is 2.40. The fraction of sp³-hybridized carbons (Fsp3) is 0.357. The van der Waals surface area contributed by atoms with Gasteiger partial charge in [0.2, 0.25) is 0 Å². The quantitative estimate of drug-likeness (QED) is 0.746. The first-order chi connectivity index (χ1) is 8.08. The van der Waals surface area contributed by atoms with Crippen molar-refractivity contribution in [1.82, 2.24) is 9.55 Å². The third kappa shape index (κ3) is 1.54. The van der Waals surface area contributed by atoms with Gasteiger partial charge in [-0.2, -0.15) is 0 Å². The van der Waals surface area contributed by atoms with Crippen molar-refractivity contribution >= 4 is 5.69 Å². The lowest BCUT2D eigenvalue weighted by Gasteiger charge is -2.18. The van der Waals surface area contributed by atoms with E-state index in [1.807, 2.05) is 17.1 Å². The molecule has 0 atom stereocenters. The number of hydrogen-bond acceptors (Lipinski definition) is 2. The van der Waals surface area contributed by atoms with E-state index in [1.165, 1.54) is 16.9 Å². The van der Waals surface area contributed by atoms with Gasteiger partial charge in [-0.3, -0.25) is 0 Å². The molecule has 0 aliphatic carbocycles. The van der Waals surface area contributed by atoms with Gasteiger partial charge in [-0.25, -0.2) is 4.98 Å². The molecule has 0 bridgehead atoms. The summed E-state index contributed by atoms with van der Waals surface area (Å²) in [5.41, 5.74) is 4.19. The molecule has 1 aliphatic heterocycles. The second-order valence-electron chi connectivity index (χ2n) is 5.41. The minimum atomic E-state index is 0.248. The van der Waals surface area contributed by atoms with Gasteiger partial charge in [0.05, 0.1) is 6.33 Å². The molecule has 2 heterocycles. The Kier molecular flexibility index (Phi) is 2.05. The van der Waals surface area contributed by atoms with Crippen LogP contribution in [0.4, 0.5) is 5.69 Å². The number of hydrogen-bond donors (Lipinski definition) is 0. The van der Waals surface area contributed by atoms with Crippen LogP contribution in [0.15, 0.2) is 36.9 Å². The molecule has 3 heteroatoms. The summed E-state index contributed by atoms with van der Waals surface area (Å²) < 4.78 is 2.04. The van der Waals surface area contributed by atoms with Gasteiger partial charge < -0.3 is 9.47 Å². The summed E-state index contributed by atoms with van der Waals surface area (Å²) >= 11 is 0. The van der Waals surface area contributed by atoms with Crippen molar-refractivity contribution < 1.29 is 0 Å². The molecule has 1 aromatic carbocycles. The monoisotopic (exact) mass is 227 g/mol. The fourth-order valence-electron chi connectivity index (χ4n) is 2.74. The summed E-state index contributed by atoms with van der Waals surface area (Å²) in [6, 6.07) is 6.65. The zero-order valence-electron chi connectivity index (χ0n) is 10.5. The number of anilines is 1. The molecule has 3 rings (SSSR count). The topological polar surface area (TPSA) is 21.1 Å². The van der Waals surface area contributed by atoms with Crippen LogP contribution < -0.4 is 4.90 Å². The van der Waals surface area contributed by atoms with E-state index in [4.69, 9.17) is 0 Å². The highest BCUT2D eigenvalue weighted by atomic mass is 15.1. The summed E-state index contributed by atoms with van der Waals surface area (Å²) in [5, 5.41) is 0. The lowest BCUT2D eigenvalue weighted by Crippen LogP contribution is -2.24. The molecule has 17 heavy (non-hydrogen) atoms. The number of imidazole rings is 1. The maximum Gasteiger partial charge on any atom is 0.0991 e. The van der Waals surface area contributed by atoms with Crippen molar-refractivity contribution in [2.75, 3.05) is 18.5 Å². The molecule has 88 valence electrons. The van der Waals surface area contributed by atoms with Crippen LogP contribution in [0.3, 0.4) is 0 Å². The summed E-state index contributed by atoms with van der Waals surface area (Å²) in [4.78, 5) is 6.42. The van der Waals surface area contributed by atoms with Crippen LogP contribution in [0.2, 0.25) is 0 Å². The normalized spacial score (nSPS) is 17.2. The lowest BCUT2D eigenvalue weighted by atomic mass is 9.87. The van der Waals surface area contributed by atoms with Crippen LogP contribution in [-0.2, 0) is 5.41 Å². The average Bonchev–Trinajstić information content (AvgIpc) is 2.87. The highest BCUT2D eigenvalue weighted by Gasteiger charge is 2.33. The third-order valence-electron chi connectivity index (χ3n) is 3.56. The standard InChI is InChI=1S/C14H17N3/c1-14(2)9-16(3)13-8-11(4-5-12(13)14)17-7-6-15-10-17/h4-8,10H,9H2,1-3H3. The molecule has 3 nitrogen and oxygen atoms in total. The molecule has 0 fully saturated rings. The molecule has 1 aliphatic rings. The summed E-state index contributed by atoms with van der Waals surface area (Å²) in [6.45, 7) is 5.67.